The molecule has 7 heteroatoms. The first-order chi connectivity index (χ1) is 14.2. The van der Waals surface area contributed by atoms with Crippen molar-refractivity contribution in [2.75, 3.05) is 58.5 Å². The molecule has 156 valence electrons. The van der Waals surface area contributed by atoms with Gasteiger partial charge in [-0.05, 0) is 29.8 Å². The van der Waals surface area contributed by atoms with E-state index in [4.69, 9.17) is 14.3 Å². The van der Waals surface area contributed by atoms with Gasteiger partial charge in [-0.25, -0.2) is 0 Å². The molecule has 7 nitrogen and oxygen atoms in total. The van der Waals surface area contributed by atoms with E-state index in [1.807, 2.05) is 42.5 Å². The Labute approximate surface area is 172 Å². The van der Waals surface area contributed by atoms with Gasteiger partial charge < -0.3 is 24.3 Å². The van der Waals surface area contributed by atoms with Crippen molar-refractivity contribution in [1.82, 2.24) is 4.90 Å². The van der Waals surface area contributed by atoms with Gasteiger partial charge in [0.05, 0.1) is 26.1 Å². The predicted molar refractivity (Wildman–Crippen MR) is 114 cm³/mol. The Morgan fingerprint density at radius 1 is 1.03 bits per heavy atom. The minimum Gasteiger partial charge on any atom is -0.497 e. The minimum absolute atomic E-state index is 0.160. The molecular weight excluding hydrogens is 370 g/mol. The molecule has 2 aromatic carbocycles. The number of para-hydroxylation sites is 2. The highest BCUT2D eigenvalue weighted by atomic mass is 16.6. The van der Waals surface area contributed by atoms with Gasteiger partial charge in [-0.3, -0.25) is 4.90 Å². The summed E-state index contributed by atoms with van der Waals surface area (Å²) in [6, 6.07) is 15.6. The van der Waals surface area contributed by atoms with E-state index in [0.29, 0.717) is 6.54 Å². The largest absolute Gasteiger partial charge is 0.497 e. The topological polar surface area (TPSA) is 66.8 Å². The fourth-order valence-corrected chi connectivity index (χ4v) is 3.36. The van der Waals surface area contributed by atoms with Crippen molar-refractivity contribution in [2.24, 2.45) is 5.16 Å². The van der Waals surface area contributed by atoms with Crippen molar-refractivity contribution in [3.05, 3.63) is 54.1 Å². The Morgan fingerprint density at radius 2 is 1.83 bits per heavy atom. The molecule has 0 saturated carbocycles. The Bertz CT molecular complexity index is 791. The summed E-state index contributed by atoms with van der Waals surface area (Å²) in [4.78, 5) is 9.82. The molecule has 1 heterocycles. The van der Waals surface area contributed by atoms with Gasteiger partial charge in [0.25, 0.3) is 0 Å². The number of aliphatic hydroxyl groups is 1. The molecule has 2 aromatic rings. The number of oxime groups is 1. The molecule has 0 aromatic heterocycles. The number of anilines is 1. The first kappa shape index (κ1) is 21.0. The fourth-order valence-electron chi connectivity index (χ4n) is 3.36. The van der Waals surface area contributed by atoms with Crippen LogP contribution in [0.4, 0.5) is 5.69 Å². The average Bonchev–Trinajstić information content (AvgIpc) is 2.77. The molecule has 1 N–H and O–H groups in total. The number of benzene rings is 2. The SMILES string of the molecule is COc1cccc(C=NOC[C@H](O)CN2CCN(c3ccccc3OC)CC2)c1. The fraction of sp³-hybridized carbons (Fsp3) is 0.409. The number of rotatable bonds is 9. The number of piperazine rings is 1. The van der Waals surface area contributed by atoms with Gasteiger partial charge in [0.2, 0.25) is 0 Å². The molecule has 1 atom stereocenters. The number of β-amino-alcohol motifs (C(OH)–C–C–N with tert-alkyl or cyclic N) is 1. The lowest BCUT2D eigenvalue weighted by molar-refractivity contribution is 0.0186. The molecule has 1 aliphatic heterocycles. The van der Waals surface area contributed by atoms with Crippen molar-refractivity contribution >= 4 is 11.9 Å². The van der Waals surface area contributed by atoms with Crippen molar-refractivity contribution in [2.45, 2.75) is 6.10 Å². The highest BCUT2D eigenvalue weighted by molar-refractivity contribution is 5.79. The van der Waals surface area contributed by atoms with Crippen LogP contribution in [0.15, 0.2) is 53.7 Å². The summed E-state index contributed by atoms with van der Waals surface area (Å²) in [5, 5.41) is 14.2. The monoisotopic (exact) mass is 399 g/mol. The zero-order valence-corrected chi connectivity index (χ0v) is 17.0. The van der Waals surface area contributed by atoms with E-state index < -0.39 is 6.10 Å². The predicted octanol–water partition coefficient (Wildman–Crippen LogP) is 2.24. The van der Waals surface area contributed by atoms with E-state index in [1.165, 1.54) is 0 Å². The van der Waals surface area contributed by atoms with E-state index in [9.17, 15) is 5.11 Å². The van der Waals surface area contributed by atoms with Crippen LogP contribution in [0.3, 0.4) is 0 Å². The van der Waals surface area contributed by atoms with Crippen LogP contribution in [0.25, 0.3) is 0 Å². The summed E-state index contributed by atoms with van der Waals surface area (Å²) in [7, 11) is 3.32. The summed E-state index contributed by atoms with van der Waals surface area (Å²) in [6.45, 7) is 4.26. The molecule has 0 unspecified atom stereocenters. The number of methoxy groups -OCH3 is 2. The van der Waals surface area contributed by atoms with Gasteiger partial charge in [-0.1, -0.05) is 29.4 Å². The molecule has 0 amide bonds. The lowest BCUT2D eigenvalue weighted by Crippen LogP contribution is -2.49. The van der Waals surface area contributed by atoms with Crippen LogP contribution < -0.4 is 14.4 Å². The van der Waals surface area contributed by atoms with Crippen LogP contribution in [0.1, 0.15) is 5.56 Å². The van der Waals surface area contributed by atoms with E-state index >= 15 is 0 Å². The molecule has 1 fully saturated rings. The van der Waals surface area contributed by atoms with Crippen molar-refractivity contribution in [3.63, 3.8) is 0 Å². The second-order valence-corrected chi connectivity index (χ2v) is 6.92. The summed E-state index contributed by atoms with van der Waals surface area (Å²) in [5.74, 6) is 1.66. The molecule has 0 bridgehead atoms. The Morgan fingerprint density at radius 3 is 2.59 bits per heavy atom. The van der Waals surface area contributed by atoms with Gasteiger partial charge in [0.1, 0.15) is 24.2 Å². The maximum Gasteiger partial charge on any atom is 0.144 e. The molecule has 0 radical (unpaired) electrons. The Kier molecular flexibility index (Phi) is 7.72. The average molecular weight is 399 g/mol. The second kappa shape index (κ2) is 10.7. The van der Waals surface area contributed by atoms with E-state index in [-0.39, 0.29) is 6.61 Å². The first-order valence-electron chi connectivity index (χ1n) is 9.77. The summed E-state index contributed by atoms with van der Waals surface area (Å²) in [5.41, 5.74) is 2.00. The van der Waals surface area contributed by atoms with E-state index in [2.05, 4.69) is 21.0 Å². The normalized spacial score (nSPS) is 16.0. The maximum absolute atomic E-state index is 10.3. The zero-order valence-electron chi connectivity index (χ0n) is 17.0. The van der Waals surface area contributed by atoms with E-state index in [1.54, 1.807) is 20.4 Å². The van der Waals surface area contributed by atoms with Gasteiger partial charge in [0, 0.05) is 32.7 Å². The van der Waals surface area contributed by atoms with Crippen LogP contribution in [0.2, 0.25) is 0 Å². The molecule has 3 rings (SSSR count). The number of hydrogen-bond acceptors (Lipinski definition) is 7. The van der Waals surface area contributed by atoms with Gasteiger partial charge in [-0.2, -0.15) is 0 Å². The second-order valence-electron chi connectivity index (χ2n) is 6.92. The van der Waals surface area contributed by atoms with Gasteiger partial charge >= 0.3 is 0 Å². The van der Waals surface area contributed by atoms with Crippen LogP contribution in [-0.2, 0) is 4.84 Å². The minimum atomic E-state index is -0.588. The number of ether oxygens (including phenoxy) is 2. The summed E-state index contributed by atoms with van der Waals surface area (Å²) in [6.07, 6.45) is 1.02. The smallest absolute Gasteiger partial charge is 0.144 e. The van der Waals surface area contributed by atoms with Gasteiger partial charge in [-0.15, -0.1) is 0 Å². The summed E-state index contributed by atoms with van der Waals surface area (Å²) >= 11 is 0. The van der Waals surface area contributed by atoms with Crippen LogP contribution in [-0.4, -0.2) is 75.9 Å². The lowest BCUT2D eigenvalue weighted by Gasteiger charge is -2.37. The highest BCUT2D eigenvalue weighted by Gasteiger charge is 2.21. The maximum atomic E-state index is 10.3. The third-order valence-corrected chi connectivity index (χ3v) is 4.90. The molecule has 0 spiro atoms. The Hall–Kier alpha value is -2.77. The molecular formula is C22H29N3O4. The summed E-state index contributed by atoms with van der Waals surface area (Å²) < 4.78 is 10.6. The third kappa shape index (κ3) is 6.10. The quantitative estimate of drug-likeness (QED) is 0.515. The Balaban J connectivity index is 1.39. The standard InChI is InChI=1S/C22H29N3O4/c1-27-20-7-5-6-18(14-20)15-23-29-17-19(26)16-24-10-12-25(13-11-24)21-8-3-4-9-22(21)28-2/h3-9,14-15,19,26H,10-13,16-17H2,1-2H3/t19-/m1/s1. The van der Waals surface area contributed by atoms with Gasteiger partial charge in [0.15, 0.2) is 0 Å². The molecule has 0 aliphatic carbocycles. The molecule has 29 heavy (non-hydrogen) atoms. The van der Waals surface area contributed by atoms with Crippen LogP contribution in [0.5, 0.6) is 11.5 Å². The number of hydrogen-bond donors (Lipinski definition) is 1. The van der Waals surface area contributed by atoms with Crippen LogP contribution in [0, 0.1) is 0 Å². The first-order valence-corrected chi connectivity index (χ1v) is 9.77. The zero-order chi connectivity index (χ0) is 20.5. The van der Waals surface area contributed by atoms with Crippen molar-refractivity contribution in [1.29, 1.82) is 0 Å². The number of aliphatic hydroxyl groups excluding tert-OH is 1. The van der Waals surface area contributed by atoms with Crippen molar-refractivity contribution in [3.8, 4) is 11.5 Å². The molecule has 1 saturated heterocycles. The number of nitrogens with zero attached hydrogens (tertiary/aromatic N) is 3. The highest BCUT2D eigenvalue weighted by Crippen LogP contribution is 2.28. The van der Waals surface area contributed by atoms with Crippen molar-refractivity contribution < 1.29 is 19.4 Å². The third-order valence-electron chi connectivity index (χ3n) is 4.90. The van der Waals surface area contributed by atoms with Crippen LogP contribution >= 0.6 is 0 Å². The lowest BCUT2D eigenvalue weighted by atomic mass is 10.2. The van der Waals surface area contributed by atoms with E-state index in [0.717, 1.165) is 48.9 Å². The molecule has 1 aliphatic rings.